The lowest BCUT2D eigenvalue weighted by Crippen LogP contribution is -2.16. The Hall–Kier alpha value is -3.46. The molecule has 150 valence electrons. The van der Waals surface area contributed by atoms with Crippen molar-refractivity contribution in [3.63, 3.8) is 0 Å². The van der Waals surface area contributed by atoms with E-state index in [-0.39, 0.29) is 5.91 Å². The van der Waals surface area contributed by atoms with Crippen LogP contribution in [-0.2, 0) is 0 Å². The summed E-state index contributed by atoms with van der Waals surface area (Å²) in [6.45, 7) is 10.2. The van der Waals surface area contributed by atoms with Crippen LogP contribution < -0.4 is 5.32 Å². The number of benzene rings is 3. The number of nitrogens with one attached hydrogen (secondary N) is 1. The maximum Gasteiger partial charge on any atom is 0.256 e. The first-order chi connectivity index (χ1) is 14.3. The molecule has 0 unspecified atom stereocenters. The van der Waals surface area contributed by atoms with Crippen molar-refractivity contribution < 1.29 is 4.79 Å². The van der Waals surface area contributed by atoms with E-state index in [1.54, 1.807) is 0 Å². The van der Waals surface area contributed by atoms with Gasteiger partial charge in [-0.15, -0.1) is 0 Å². The number of amides is 1. The number of carbonyl (C=O) groups excluding carboxylic acids is 1. The highest BCUT2D eigenvalue weighted by Crippen LogP contribution is 2.32. The molecular weight excluding hydrogens is 368 g/mol. The lowest BCUT2D eigenvalue weighted by Gasteiger charge is -2.17. The third-order valence-corrected chi connectivity index (χ3v) is 5.71. The summed E-state index contributed by atoms with van der Waals surface area (Å²) < 4.78 is 0. The molecule has 3 nitrogen and oxygen atoms in total. The number of hydrogen-bond acceptors (Lipinski definition) is 2. The SMILES string of the molecule is Cc1cc(C)c2nc(-c3ccccc3)c(C)c(C(=O)Nc3ccc(C)c(C)c3)c2c1. The molecule has 0 aliphatic carbocycles. The van der Waals surface area contributed by atoms with Crippen molar-refractivity contribution in [2.24, 2.45) is 0 Å². The second-order valence-corrected chi connectivity index (χ2v) is 8.06. The van der Waals surface area contributed by atoms with Gasteiger partial charge in [0.25, 0.3) is 5.91 Å². The lowest BCUT2D eigenvalue weighted by molar-refractivity contribution is 0.102. The summed E-state index contributed by atoms with van der Waals surface area (Å²) in [4.78, 5) is 18.5. The van der Waals surface area contributed by atoms with Gasteiger partial charge in [-0.05, 0) is 75.1 Å². The average molecular weight is 395 g/mol. The fraction of sp³-hybridized carbons (Fsp3) is 0.185. The second-order valence-electron chi connectivity index (χ2n) is 8.06. The summed E-state index contributed by atoms with van der Waals surface area (Å²) >= 11 is 0. The monoisotopic (exact) mass is 394 g/mol. The molecule has 4 rings (SSSR count). The number of anilines is 1. The standard InChI is InChI=1S/C27H26N2O/c1-16-13-19(4)25-23(14-16)24(20(5)26(29-25)21-9-7-6-8-10-21)27(30)28-22-12-11-17(2)18(3)15-22/h6-15H,1-5H3,(H,28,30). The van der Waals surface area contributed by atoms with Crippen molar-refractivity contribution in [1.29, 1.82) is 0 Å². The van der Waals surface area contributed by atoms with Crippen LogP contribution in [0.1, 0.15) is 38.2 Å². The van der Waals surface area contributed by atoms with Gasteiger partial charge in [0, 0.05) is 16.6 Å². The zero-order chi connectivity index (χ0) is 21.4. The molecule has 0 bridgehead atoms. The summed E-state index contributed by atoms with van der Waals surface area (Å²) in [6, 6.07) is 20.2. The first kappa shape index (κ1) is 19.8. The van der Waals surface area contributed by atoms with Crippen LogP contribution in [-0.4, -0.2) is 10.9 Å². The van der Waals surface area contributed by atoms with Crippen LogP contribution >= 0.6 is 0 Å². The average Bonchev–Trinajstić information content (AvgIpc) is 2.71. The van der Waals surface area contributed by atoms with Gasteiger partial charge in [-0.1, -0.05) is 48.0 Å². The van der Waals surface area contributed by atoms with Crippen LogP contribution in [0.5, 0.6) is 0 Å². The molecule has 0 aliphatic heterocycles. The van der Waals surface area contributed by atoms with Crippen molar-refractivity contribution in [3.05, 3.63) is 94.0 Å². The van der Waals surface area contributed by atoms with Crippen molar-refractivity contribution in [1.82, 2.24) is 4.98 Å². The molecule has 0 radical (unpaired) electrons. The Morgan fingerprint density at radius 1 is 0.800 bits per heavy atom. The van der Waals surface area contributed by atoms with Gasteiger partial charge in [0.1, 0.15) is 0 Å². The molecule has 3 heteroatoms. The Labute approximate surface area is 177 Å². The maximum absolute atomic E-state index is 13.5. The normalized spacial score (nSPS) is 11.0. The van der Waals surface area contributed by atoms with E-state index in [2.05, 4.69) is 45.1 Å². The fourth-order valence-electron chi connectivity index (χ4n) is 4.00. The van der Waals surface area contributed by atoms with Gasteiger partial charge < -0.3 is 5.32 Å². The molecule has 0 aliphatic rings. The molecule has 1 amide bonds. The molecule has 3 aromatic carbocycles. The number of nitrogens with zero attached hydrogens (tertiary/aromatic N) is 1. The summed E-state index contributed by atoms with van der Waals surface area (Å²) in [5, 5.41) is 4.00. The molecule has 1 heterocycles. The van der Waals surface area contributed by atoms with Gasteiger partial charge in [0.2, 0.25) is 0 Å². The van der Waals surface area contributed by atoms with E-state index in [0.717, 1.165) is 50.1 Å². The Bertz CT molecular complexity index is 1270. The summed E-state index contributed by atoms with van der Waals surface area (Å²) in [6.07, 6.45) is 0. The predicted molar refractivity (Wildman–Crippen MR) is 125 cm³/mol. The van der Waals surface area contributed by atoms with Crippen molar-refractivity contribution in [3.8, 4) is 11.3 Å². The highest BCUT2D eigenvalue weighted by atomic mass is 16.1. The number of hydrogen-bond donors (Lipinski definition) is 1. The van der Waals surface area contributed by atoms with Crippen LogP contribution in [0.2, 0.25) is 0 Å². The lowest BCUT2D eigenvalue weighted by atomic mass is 9.94. The van der Waals surface area contributed by atoms with Gasteiger partial charge >= 0.3 is 0 Å². The topological polar surface area (TPSA) is 42.0 Å². The van der Waals surface area contributed by atoms with Gasteiger partial charge in [0.15, 0.2) is 0 Å². The Kier molecular flexibility index (Phi) is 5.13. The number of pyridine rings is 1. The highest BCUT2D eigenvalue weighted by Gasteiger charge is 2.20. The quantitative estimate of drug-likeness (QED) is 0.420. The van der Waals surface area contributed by atoms with E-state index in [9.17, 15) is 4.79 Å². The third kappa shape index (κ3) is 3.59. The zero-order valence-electron chi connectivity index (χ0n) is 18.1. The number of rotatable bonds is 3. The van der Waals surface area contributed by atoms with Crippen LogP contribution in [0.4, 0.5) is 5.69 Å². The Morgan fingerprint density at radius 3 is 2.23 bits per heavy atom. The predicted octanol–water partition coefficient (Wildman–Crippen LogP) is 6.70. The van der Waals surface area contributed by atoms with E-state index in [1.807, 2.05) is 55.5 Å². The van der Waals surface area contributed by atoms with E-state index < -0.39 is 0 Å². The van der Waals surface area contributed by atoms with E-state index in [0.29, 0.717) is 5.56 Å². The Balaban J connectivity index is 1.93. The van der Waals surface area contributed by atoms with Gasteiger partial charge in [0.05, 0.1) is 16.8 Å². The van der Waals surface area contributed by atoms with Crippen molar-refractivity contribution >= 4 is 22.5 Å². The second kappa shape index (κ2) is 7.75. The summed E-state index contributed by atoms with van der Waals surface area (Å²) in [5.74, 6) is -0.106. The van der Waals surface area contributed by atoms with Gasteiger partial charge in [-0.25, -0.2) is 4.98 Å². The van der Waals surface area contributed by atoms with Crippen LogP contribution in [0, 0.1) is 34.6 Å². The van der Waals surface area contributed by atoms with Crippen LogP contribution in [0.15, 0.2) is 60.7 Å². The van der Waals surface area contributed by atoms with Gasteiger partial charge in [-0.2, -0.15) is 0 Å². The van der Waals surface area contributed by atoms with Gasteiger partial charge in [-0.3, -0.25) is 4.79 Å². The van der Waals surface area contributed by atoms with Crippen molar-refractivity contribution in [2.45, 2.75) is 34.6 Å². The Morgan fingerprint density at radius 2 is 1.53 bits per heavy atom. The van der Waals surface area contributed by atoms with Crippen molar-refractivity contribution in [2.75, 3.05) is 5.32 Å². The first-order valence-corrected chi connectivity index (χ1v) is 10.2. The molecular formula is C27H26N2O. The molecule has 0 atom stereocenters. The largest absolute Gasteiger partial charge is 0.322 e. The maximum atomic E-state index is 13.5. The molecule has 0 saturated carbocycles. The minimum atomic E-state index is -0.106. The zero-order valence-corrected chi connectivity index (χ0v) is 18.1. The van der Waals surface area contributed by atoms with E-state index >= 15 is 0 Å². The third-order valence-electron chi connectivity index (χ3n) is 5.71. The smallest absolute Gasteiger partial charge is 0.256 e. The highest BCUT2D eigenvalue weighted by molar-refractivity contribution is 6.15. The fourth-order valence-corrected chi connectivity index (χ4v) is 4.00. The molecule has 0 fully saturated rings. The summed E-state index contributed by atoms with van der Waals surface area (Å²) in [7, 11) is 0. The van der Waals surface area contributed by atoms with Crippen LogP contribution in [0.3, 0.4) is 0 Å². The molecule has 4 aromatic rings. The number of fused-ring (bicyclic) bond motifs is 1. The molecule has 30 heavy (non-hydrogen) atoms. The van der Waals surface area contributed by atoms with E-state index in [1.165, 1.54) is 5.56 Å². The minimum absolute atomic E-state index is 0.106. The summed E-state index contributed by atoms with van der Waals surface area (Å²) in [5.41, 5.74) is 9.66. The molecule has 0 spiro atoms. The number of aryl methyl sites for hydroxylation is 4. The van der Waals surface area contributed by atoms with Crippen LogP contribution in [0.25, 0.3) is 22.2 Å². The minimum Gasteiger partial charge on any atom is -0.322 e. The van der Waals surface area contributed by atoms with E-state index in [4.69, 9.17) is 4.98 Å². The molecule has 1 aromatic heterocycles. The number of aromatic nitrogens is 1. The molecule has 0 saturated heterocycles. The first-order valence-electron chi connectivity index (χ1n) is 10.2. The molecule has 1 N–H and O–H groups in total. The number of carbonyl (C=O) groups is 1.